The first-order valence-electron chi connectivity index (χ1n) is 15.2. The van der Waals surface area contributed by atoms with Gasteiger partial charge in [-0.3, -0.25) is 0 Å². The van der Waals surface area contributed by atoms with Crippen molar-refractivity contribution in [3.8, 4) is 0 Å². The fourth-order valence-electron chi connectivity index (χ4n) is 3.88. The van der Waals surface area contributed by atoms with Gasteiger partial charge in [0.25, 0.3) is 0 Å². The number of benzene rings is 3. The van der Waals surface area contributed by atoms with E-state index >= 15 is 0 Å². The Labute approximate surface area is 293 Å². The normalized spacial score (nSPS) is 14.3. The Bertz CT molecular complexity index is 1250. The van der Waals surface area contributed by atoms with Crippen molar-refractivity contribution in [2.75, 3.05) is 37.0 Å². The molecular weight excluding hydrogens is 709 g/mol. The van der Waals surface area contributed by atoms with E-state index in [4.69, 9.17) is 0 Å². The van der Waals surface area contributed by atoms with Crippen LogP contribution in [0, 0.1) is 13.8 Å². The smallest absolute Gasteiger partial charge is 0.799 e. The zero-order valence-electron chi connectivity index (χ0n) is 27.3. The molecule has 0 saturated carbocycles. The van der Waals surface area contributed by atoms with Gasteiger partial charge in [-0.25, -0.2) is 0 Å². The molecule has 3 atom stereocenters. The monoisotopic (exact) mass is 759 g/mol. The molecule has 0 aliphatic carbocycles. The van der Waals surface area contributed by atoms with E-state index in [-0.39, 0.29) is 58.8 Å². The Kier molecular flexibility index (Phi) is 25.2. The second kappa shape index (κ2) is 24.4. The van der Waals surface area contributed by atoms with Crippen LogP contribution < -0.4 is 14.7 Å². The quantitative estimate of drug-likeness (QED) is 0.128. The van der Waals surface area contributed by atoms with Gasteiger partial charge >= 0.3 is 34.1 Å². The zero-order valence-corrected chi connectivity index (χ0v) is 32.2. The summed E-state index contributed by atoms with van der Waals surface area (Å²) in [6.07, 6.45) is 5.40. The molecule has 1 radical (unpaired) electrons. The van der Waals surface area contributed by atoms with Crippen molar-refractivity contribution in [1.29, 1.82) is 0 Å². The molecule has 0 bridgehead atoms. The topological polar surface area (TPSA) is 120 Å². The molecule has 0 aromatic heterocycles. The van der Waals surface area contributed by atoms with Gasteiger partial charge in [0.1, 0.15) is 0 Å². The number of unbranched alkanes of at least 4 members (excludes halogenated alkanes) is 1. The van der Waals surface area contributed by atoms with E-state index in [1.54, 1.807) is 13.8 Å². The Hall–Kier alpha value is -0.731. The summed E-state index contributed by atoms with van der Waals surface area (Å²) in [5, 5.41) is 0. The fraction of sp³-hybridized carbons (Fsp3) is 0.471. The minimum Gasteiger partial charge on any atom is -0.799 e. The maximum absolute atomic E-state index is 11.6. The maximum Gasteiger partial charge on any atom is 3.00 e. The summed E-state index contributed by atoms with van der Waals surface area (Å²) in [5.74, 6) is 0. The Balaban J connectivity index is 0. The van der Waals surface area contributed by atoms with Crippen molar-refractivity contribution >= 4 is 22.1 Å². The van der Waals surface area contributed by atoms with Crippen LogP contribution in [-0.2, 0) is 67.1 Å². The van der Waals surface area contributed by atoms with E-state index in [1.807, 2.05) is 99.6 Å². The molecule has 3 aromatic rings. The summed E-state index contributed by atoms with van der Waals surface area (Å²) in [4.78, 5) is 34.1. The van der Waals surface area contributed by atoms with Crippen LogP contribution in [0.5, 0.6) is 0 Å². The average Bonchev–Trinajstić information content (AvgIpc) is 3.00. The summed E-state index contributed by atoms with van der Waals surface area (Å²) in [6, 6.07) is 25.8. The second-order valence-electron chi connectivity index (χ2n) is 11.0. The van der Waals surface area contributed by atoms with Crippen LogP contribution in [-0.4, -0.2) is 37.0 Å². The van der Waals surface area contributed by atoms with Crippen molar-refractivity contribution < 1.29 is 62.5 Å². The van der Waals surface area contributed by atoms with Gasteiger partial charge in [0.05, 0.1) is 0 Å². The van der Waals surface area contributed by atoms with Crippen LogP contribution in [0.25, 0.3) is 0 Å². The number of hydrogen-bond acceptors (Lipinski definition) is 6. The minimum atomic E-state index is -3.12. The van der Waals surface area contributed by atoms with Crippen molar-refractivity contribution in [2.24, 2.45) is 0 Å². The number of rotatable bonds is 14. The van der Waals surface area contributed by atoms with Gasteiger partial charge in [0, 0.05) is 22.1 Å². The van der Waals surface area contributed by atoms with Crippen LogP contribution >= 0.6 is 22.1 Å². The molecule has 251 valence electrons. The summed E-state index contributed by atoms with van der Waals surface area (Å²) in [7, 11) is -9.33. The minimum absolute atomic E-state index is 0. The molecule has 0 N–H and O–H groups in total. The first-order valence-corrected chi connectivity index (χ1v) is 21.2. The maximum atomic E-state index is 11.6. The summed E-state index contributed by atoms with van der Waals surface area (Å²) in [6.45, 7) is 9.45. The molecule has 0 saturated heterocycles. The molecule has 0 amide bonds. The molecule has 3 rings (SSSR count). The van der Waals surface area contributed by atoms with Crippen LogP contribution in [0.1, 0.15) is 61.4 Å². The molecule has 45 heavy (non-hydrogen) atoms. The van der Waals surface area contributed by atoms with Gasteiger partial charge in [0.2, 0.25) is 0 Å². The van der Waals surface area contributed by atoms with E-state index in [0.717, 1.165) is 29.5 Å². The van der Waals surface area contributed by atoms with Crippen molar-refractivity contribution in [1.82, 2.24) is 0 Å². The summed E-state index contributed by atoms with van der Waals surface area (Å²) in [5.41, 5.74) is 5.70. The number of hydrogen-bond donors (Lipinski definition) is 0. The molecule has 0 aliphatic heterocycles. The van der Waals surface area contributed by atoms with Crippen molar-refractivity contribution in [3.63, 3.8) is 0 Å². The number of aryl methyl sites for hydroxylation is 5. The molecule has 6 nitrogen and oxygen atoms in total. The third-order valence-corrected chi connectivity index (χ3v) is 12.8. The molecule has 0 spiro atoms. The van der Waals surface area contributed by atoms with Gasteiger partial charge in [-0.15, -0.1) is 0 Å². The SMILES string of the molecule is CCCCP(=O)([O-])CCc1ccccc1.CCP(=O)([O-])CCc1ccc(C)cc1.CCP(=O)([O-])CCc1ccc(C)cc1.[Fe+2].[Fe+3]. The van der Waals surface area contributed by atoms with Gasteiger partial charge in [-0.2, -0.15) is 0 Å². The summed E-state index contributed by atoms with van der Waals surface area (Å²) < 4.78 is 34.1. The van der Waals surface area contributed by atoms with E-state index in [0.29, 0.717) is 31.6 Å². The predicted molar refractivity (Wildman–Crippen MR) is 178 cm³/mol. The largest absolute Gasteiger partial charge is 3.00 e. The molecular formula is C34H50Fe2O6P3+2. The zero-order chi connectivity index (χ0) is 32.4. The van der Waals surface area contributed by atoms with E-state index < -0.39 is 22.1 Å². The molecule has 11 heteroatoms. The third kappa shape index (κ3) is 23.3. The Morgan fingerprint density at radius 1 is 0.511 bits per heavy atom. The van der Waals surface area contributed by atoms with E-state index in [9.17, 15) is 28.4 Å². The molecule has 0 heterocycles. The third-order valence-electron chi connectivity index (χ3n) is 7.12. The van der Waals surface area contributed by atoms with Gasteiger partial charge in [-0.1, -0.05) is 117 Å². The van der Waals surface area contributed by atoms with Gasteiger partial charge < -0.3 is 28.4 Å². The van der Waals surface area contributed by atoms with Crippen LogP contribution in [0.4, 0.5) is 0 Å². The fourth-order valence-corrected chi connectivity index (χ4v) is 7.33. The Morgan fingerprint density at radius 3 is 1.18 bits per heavy atom. The van der Waals surface area contributed by atoms with Gasteiger partial charge in [0.15, 0.2) is 0 Å². The van der Waals surface area contributed by atoms with E-state index in [1.165, 1.54) is 11.1 Å². The molecule has 3 aromatic carbocycles. The Morgan fingerprint density at radius 2 is 0.844 bits per heavy atom. The standard InChI is InChI=1S/C12H19O2P.2C11H17O2P.2Fe/c1-2-3-10-15(13,14)11-9-12-7-5-4-6-8-12;2*1-3-14(12,13)9-8-11-6-4-10(2)5-7-11;;/h4-8H,2-3,9-11H2,1H3,(H,13,14);2*4-7H,3,8-9H2,1-2H3,(H,12,13);;/q;;;+2;+3/p-3. The first-order chi connectivity index (χ1) is 20.2. The first kappa shape index (κ1) is 46.4. The average molecular weight is 759 g/mol. The molecule has 0 fully saturated rings. The molecule has 3 unspecified atom stereocenters. The van der Waals surface area contributed by atoms with Crippen LogP contribution in [0.2, 0.25) is 0 Å². The van der Waals surface area contributed by atoms with Crippen LogP contribution in [0.15, 0.2) is 78.9 Å². The summed E-state index contributed by atoms with van der Waals surface area (Å²) >= 11 is 0. The second-order valence-corrected chi connectivity index (χ2v) is 19.0. The van der Waals surface area contributed by atoms with Crippen LogP contribution in [0.3, 0.4) is 0 Å². The predicted octanol–water partition coefficient (Wildman–Crippen LogP) is 7.05. The van der Waals surface area contributed by atoms with Crippen molar-refractivity contribution in [3.05, 3.63) is 107 Å². The van der Waals surface area contributed by atoms with Gasteiger partial charge in [-0.05, 0) is 93.2 Å². The van der Waals surface area contributed by atoms with Crippen molar-refractivity contribution in [2.45, 2.75) is 66.7 Å². The molecule has 0 aliphatic rings. The van der Waals surface area contributed by atoms with E-state index in [2.05, 4.69) is 0 Å².